The molecular formula is C7H7IN2OS. The molecule has 0 saturated heterocycles. The zero-order valence-corrected chi connectivity index (χ0v) is 9.42. The molecule has 0 aliphatic carbocycles. The number of halogens is 1. The summed E-state index contributed by atoms with van der Waals surface area (Å²) in [5.41, 5.74) is 2.63. The molecule has 1 atom stereocenters. The standard InChI is InChI=1S/C7H7IN2OS/c1-7(8)3-9-6(11-7)5-2-12-4-10-5/h2,4H,3H2,1H3. The first-order valence-electron chi connectivity index (χ1n) is 3.48. The average molecular weight is 294 g/mol. The molecule has 1 aliphatic rings. The van der Waals surface area contributed by atoms with Crippen molar-refractivity contribution in [3.63, 3.8) is 0 Å². The lowest BCUT2D eigenvalue weighted by molar-refractivity contribution is 0.228. The van der Waals surface area contributed by atoms with Crippen molar-refractivity contribution in [2.45, 2.75) is 10.5 Å². The van der Waals surface area contributed by atoms with Gasteiger partial charge in [-0.25, -0.2) is 9.98 Å². The molecule has 2 rings (SSSR count). The van der Waals surface area contributed by atoms with Crippen molar-refractivity contribution in [2.75, 3.05) is 6.54 Å². The zero-order valence-electron chi connectivity index (χ0n) is 6.45. The van der Waals surface area contributed by atoms with Gasteiger partial charge in [-0.05, 0) is 29.5 Å². The van der Waals surface area contributed by atoms with E-state index in [4.69, 9.17) is 4.74 Å². The minimum absolute atomic E-state index is 0.184. The van der Waals surface area contributed by atoms with E-state index in [0.29, 0.717) is 12.4 Å². The predicted octanol–water partition coefficient (Wildman–Crippen LogP) is 2.07. The molecule has 0 fully saturated rings. The van der Waals surface area contributed by atoms with Gasteiger partial charge in [0, 0.05) is 5.38 Å². The van der Waals surface area contributed by atoms with Crippen molar-refractivity contribution in [3.05, 3.63) is 16.6 Å². The summed E-state index contributed by atoms with van der Waals surface area (Å²) in [7, 11) is 0. The fourth-order valence-corrected chi connectivity index (χ4v) is 1.84. The summed E-state index contributed by atoms with van der Waals surface area (Å²) < 4.78 is 5.39. The quantitative estimate of drug-likeness (QED) is 0.587. The molecule has 64 valence electrons. The Morgan fingerprint density at radius 2 is 2.58 bits per heavy atom. The Hall–Kier alpha value is -0.170. The normalized spacial score (nSPS) is 28.3. The third kappa shape index (κ3) is 1.61. The fourth-order valence-electron chi connectivity index (χ4n) is 0.931. The molecule has 0 N–H and O–H groups in total. The van der Waals surface area contributed by atoms with Gasteiger partial charge in [0.2, 0.25) is 5.90 Å². The summed E-state index contributed by atoms with van der Waals surface area (Å²) >= 11 is 3.80. The van der Waals surface area contributed by atoms with Gasteiger partial charge in [-0.2, -0.15) is 0 Å². The van der Waals surface area contributed by atoms with Crippen molar-refractivity contribution in [2.24, 2.45) is 4.99 Å². The van der Waals surface area contributed by atoms with Crippen molar-refractivity contribution in [3.8, 4) is 0 Å². The van der Waals surface area contributed by atoms with E-state index >= 15 is 0 Å². The molecule has 5 heteroatoms. The van der Waals surface area contributed by atoms with Gasteiger partial charge in [0.1, 0.15) is 5.69 Å². The van der Waals surface area contributed by atoms with Crippen molar-refractivity contribution in [1.82, 2.24) is 4.98 Å². The van der Waals surface area contributed by atoms with Gasteiger partial charge in [0.15, 0.2) is 3.61 Å². The van der Waals surface area contributed by atoms with Crippen LogP contribution in [0.5, 0.6) is 0 Å². The van der Waals surface area contributed by atoms with Gasteiger partial charge < -0.3 is 4.74 Å². The predicted molar refractivity (Wildman–Crippen MR) is 57.0 cm³/mol. The molecule has 2 heterocycles. The summed E-state index contributed by atoms with van der Waals surface area (Å²) in [6.07, 6.45) is 0. The van der Waals surface area contributed by atoms with E-state index in [0.717, 1.165) is 5.69 Å². The van der Waals surface area contributed by atoms with Gasteiger partial charge in [0.05, 0.1) is 12.1 Å². The molecular weight excluding hydrogens is 287 g/mol. The molecule has 1 aromatic rings. The maximum Gasteiger partial charge on any atom is 0.237 e. The fraction of sp³-hybridized carbons (Fsp3) is 0.429. The second kappa shape index (κ2) is 2.95. The van der Waals surface area contributed by atoms with Crippen LogP contribution in [0.2, 0.25) is 0 Å². The van der Waals surface area contributed by atoms with Crippen LogP contribution in [0.4, 0.5) is 0 Å². The monoisotopic (exact) mass is 294 g/mol. The van der Waals surface area contributed by atoms with E-state index in [-0.39, 0.29) is 3.61 Å². The summed E-state index contributed by atoms with van der Waals surface area (Å²) in [5.74, 6) is 0.674. The minimum atomic E-state index is -0.184. The highest BCUT2D eigenvalue weighted by Crippen LogP contribution is 2.27. The number of thiazole rings is 1. The Morgan fingerprint density at radius 3 is 3.08 bits per heavy atom. The average Bonchev–Trinajstić information content (AvgIpc) is 2.55. The number of nitrogens with zero attached hydrogens (tertiary/aromatic N) is 2. The number of alkyl halides is 1. The minimum Gasteiger partial charge on any atom is -0.457 e. The topological polar surface area (TPSA) is 34.5 Å². The SMILES string of the molecule is CC1(I)CN=C(c2cscn2)O1. The second-order valence-corrected chi connectivity index (χ2v) is 5.70. The van der Waals surface area contributed by atoms with E-state index in [1.807, 2.05) is 12.3 Å². The van der Waals surface area contributed by atoms with E-state index in [9.17, 15) is 0 Å². The Labute approximate surface area is 88.0 Å². The van der Waals surface area contributed by atoms with Crippen molar-refractivity contribution >= 4 is 39.8 Å². The van der Waals surface area contributed by atoms with E-state index in [2.05, 4.69) is 32.6 Å². The smallest absolute Gasteiger partial charge is 0.237 e. The number of rotatable bonds is 1. The maximum atomic E-state index is 5.57. The van der Waals surface area contributed by atoms with Crippen LogP contribution >= 0.6 is 33.9 Å². The third-order valence-corrected chi connectivity index (χ3v) is 2.61. The van der Waals surface area contributed by atoms with E-state index in [1.54, 1.807) is 16.8 Å². The first-order valence-corrected chi connectivity index (χ1v) is 5.50. The Balaban J connectivity index is 2.20. The van der Waals surface area contributed by atoms with Gasteiger partial charge in [-0.3, -0.25) is 0 Å². The van der Waals surface area contributed by atoms with Gasteiger partial charge in [0.25, 0.3) is 0 Å². The van der Waals surface area contributed by atoms with E-state index in [1.165, 1.54) is 0 Å². The van der Waals surface area contributed by atoms with Crippen LogP contribution in [0.15, 0.2) is 15.9 Å². The zero-order chi connectivity index (χ0) is 8.60. The van der Waals surface area contributed by atoms with Crippen LogP contribution in [-0.2, 0) is 4.74 Å². The van der Waals surface area contributed by atoms with Gasteiger partial charge in [-0.1, -0.05) is 0 Å². The second-order valence-electron chi connectivity index (χ2n) is 2.70. The number of aliphatic imine (C=N–C) groups is 1. The van der Waals surface area contributed by atoms with Crippen LogP contribution in [0.1, 0.15) is 12.6 Å². The first-order chi connectivity index (χ1) is 5.67. The van der Waals surface area contributed by atoms with E-state index < -0.39 is 0 Å². The lowest BCUT2D eigenvalue weighted by Gasteiger charge is -2.13. The molecule has 1 aliphatic heterocycles. The molecule has 0 bridgehead atoms. The van der Waals surface area contributed by atoms with Crippen molar-refractivity contribution < 1.29 is 4.74 Å². The Kier molecular flexibility index (Phi) is 2.07. The first kappa shape index (κ1) is 8.43. The summed E-state index contributed by atoms with van der Waals surface area (Å²) in [4.78, 5) is 8.39. The van der Waals surface area contributed by atoms with Gasteiger partial charge >= 0.3 is 0 Å². The van der Waals surface area contributed by atoms with Gasteiger partial charge in [-0.15, -0.1) is 11.3 Å². The number of ether oxygens (including phenoxy) is 1. The lowest BCUT2D eigenvalue weighted by atomic mass is 10.4. The highest BCUT2D eigenvalue weighted by atomic mass is 127. The Bertz CT molecular complexity index is 307. The summed E-state index contributed by atoms with van der Waals surface area (Å²) in [6, 6.07) is 0. The molecule has 0 amide bonds. The summed E-state index contributed by atoms with van der Waals surface area (Å²) in [5, 5.41) is 1.94. The largest absolute Gasteiger partial charge is 0.457 e. The van der Waals surface area contributed by atoms with Crippen LogP contribution in [0.3, 0.4) is 0 Å². The number of hydrogen-bond acceptors (Lipinski definition) is 4. The maximum absolute atomic E-state index is 5.57. The van der Waals surface area contributed by atoms with Crippen LogP contribution in [0.25, 0.3) is 0 Å². The Morgan fingerprint density at radius 1 is 1.75 bits per heavy atom. The highest BCUT2D eigenvalue weighted by Gasteiger charge is 2.30. The molecule has 1 unspecified atom stereocenters. The molecule has 0 aromatic carbocycles. The third-order valence-electron chi connectivity index (χ3n) is 1.47. The van der Waals surface area contributed by atoms with Crippen LogP contribution < -0.4 is 0 Å². The number of aromatic nitrogens is 1. The molecule has 12 heavy (non-hydrogen) atoms. The molecule has 3 nitrogen and oxygen atoms in total. The number of hydrogen-bond donors (Lipinski definition) is 0. The molecule has 0 saturated carbocycles. The molecule has 1 aromatic heterocycles. The lowest BCUT2D eigenvalue weighted by Crippen LogP contribution is -2.20. The van der Waals surface area contributed by atoms with Crippen molar-refractivity contribution in [1.29, 1.82) is 0 Å². The van der Waals surface area contributed by atoms with Crippen LogP contribution in [-0.4, -0.2) is 21.0 Å². The van der Waals surface area contributed by atoms with Crippen LogP contribution in [0, 0.1) is 0 Å². The summed E-state index contributed by atoms with van der Waals surface area (Å²) in [6.45, 7) is 2.72. The molecule has 0 radical (unpaired) electrons. The molecule has 0 spiro atoms. The highest BCUT2D eigenvalue weighted by molar-refractivity contribution is 14.1.